The number of carbonyl (C=O) groups excluding carboxylic acids is 1. The van der Waals surface area contributed by atoms with Crippen molar-refractivity contribution in [3.05, 3.63) is 29.3 Å². The molecule has 98 valence electrons. The Balaban J connectivity index is 2.90. The Bertz CT molecular complexity index is 472. The molecule has 3 N–H and O–H groups in total. The molecule has 0 aliphatic carbocycles. The molecule has 0 saturated heterocycles. The van der Waals surface area contributed by atoms with Crippen molar-refractivity contribution in [1.29, 1.82) is 0 Å². The molecule has 6 nitrogen and oxygen atoms in total. The van der Waals surface area contributed by atoms with Gasteiger partial charge >= 0.3 is 0 Å². The number of ether oxygens (including phenoxy) is 1. The molecule has 1 aromatic carbocycles. The van der Waals surface area contributed by atoms with Crippen LogP contribution in [0.2, 0.25) is 0 Å². The van der Waals surface area contributed by atoms with Gasteiger partial charge in [-0.15, -0.1) is 0 Å². The summed E-state index contributed by atoms with van der Waals surface area (Å²) in [5, 5.41) is 11.3. The monoisotopic (exact) mass is 251 g/mol. The van der Waals surface area contributed by atoms with E-state index in [2.05, 4.69) is 5.16 Å². The zero-order valence-corrected chi connectivity index (χ0v) is 10.7. The third kappa shape index (κ3) is 3.13. The SMILES string of the molecule is COc1cc(C(=O)N(C)CC(N)=NO)ccc1C. The summed E-state index contributed by atoms with van der Waals surface area (Å²) in [6.07, 6.45) is 0. The lowest BCUT2D eigenvalue weighted by molar-refractivity contribution is 0.0813. The van der Waals surface area contributed by atoms with Crippen LogP contribution in [-0.2, 0) is 0 Å². The van der Waals surface area contributed by atoms with Crippen LogP contribution in [0, 0.1) is 6.92 Å². The summed E-state index contributed by atoms with van der Waals surface area (Å²) in [6.45, 7) is 1.96. The van der Waals surface area contributed by atoms with Crippen molar-refractivity contribution < 1.29 is 14.7 Å². The van der Waals surface area contributed by atoms with E-state index in [1.165, 1.54) is 4.90 Å². The lowest BCUT2D eigenvalue weighted by Crippen LogP contribution is -2.35. The van der Waals surface area contributed by atoms with Gasteiger partial charge in [0.2, 0.25) is 0 Å². The number of benzene rings is 1. The first-order chi connectivity index (χ1) is 8.49. The van der Waals surface area contributed by atoms with Crippen LogP contribution in [0.4, 0.5) is 0 Å². The minimum absolute atomic E-state index is 0.0232. The lowest BCUT2D eigenvalue weighted by Gasteiger charge is -2.17. The number of likely N-dealkylation sites (N-methyl/N-ethyl adjacent to an activating group) is 1. The van der Waals surface area contributed by atoms with Crippen LogP contribution in [0.25, 0.3) is 0 Å². The van der Waals surface area contributed by atoms with E-state index in [1.54, 1.807) is 26.3 Å². The summed E-state index contributed by atoms with van der Waals surface area (Å²) in [7, 11) is 3.13. The number of oxime groups is 1. The molecule has 1 amide bonds. The zero-order valence-electron chi connectivity index (χ0n) is 10.7. The predicted molar refractivity (Wildman–Crippen MR) is 68.1 cm³/mol. The van der Waals surface area contributed by atoms with Crippen LogP contribution < -0.4 is 10.5 Å². The Morgan fingerprint density at radius 3 is 2.78 bits per heavy atom. The molecule has 0 unspecified atom stereocenters. The summed E-state index contributed by atoms with van der Waals surface area (Å²) in [5.74, 6) is 0.405. The minimum atomic E-state index is -0.222. The van der Waals surface area contributed by atoms with Crippen molar-refractivity contribution in [1.82, 2.24) is 4.90 Å². The summed E-state index contributed by atoms with van der Waals surface area (Å²) < 4.78 is 5.16. The van der Waals surface area contributed by atoms with Gasteiger partial charge in [-0.05, 0) is 24.6 Å². The number of hydrogen-bond donors (Lipinski definition) is 2. The molecule has 0 aliphatic heterocycles. The Hall–Kier alpha value is -2.24. The van der Waals surface area contributed by atoms with Crippen LogP contribution in [0.1, 0.15) is 15.9 Å². The molecule has 0 fully saturated rings. The molecular formula is C12H17N3O3. The Morgan fingerprint density at radius 2 is 2.22 bits per heavy atom. The van der Waals surface area contributed by atoms with Crippen LogP contribution >= 0.6 is 0 Å². The van der Waals surface area contributed by atoms with Crippen molar-refractivity contribution in [3.63, 3.8) is 0 Å². The number of nitrogens with two attached hydrogens (primary N) is 1. The highest BCUT2D eigenvalue weighted by Gasteiger charge is 2.14. The Morgan fingerprint density at radius 1 is 1.56 bits per heavy atom. The van der Waals surface area contributed by atoms with Crippen molar-refractivity contribution in [3.8, 4) is 5.75 Å². The van der Waals surface area contributed by atoms with E-state index in [0.29, 0.717) is 11.3 Å². The molecule has 18 heavy (non-hydrogen) atoms. The molecule has 0 aliphatic rings. The first kappa shape index (κ1) is 13.8. The number of carbonyl (C=O) groups is 1. The molecule has 0 bridgehead atoms. The maximum Gasteiger partial charge on any atom is 0.254 e. The second-order valence-corrected chi connectivity index (χ2v) is 3.94. The highest BCUT2D eigenvalue weighted by atomic mass is 16.5. The second kappa shape index (κ2) is 5.90. The normalized spacial score (nSPS) is 11.2. The van der Waals surface area contributed by atoms with E-state index < -0.39 is 0 Å². The number of amidine groups is 1. The van der Waals surface area contributed by atoms with E-state index in [-0.39, 0.29) is 18.3 Å². The molecule has 0 aromatic heterocycles. The molecule has 1 rings (SSSR count). The molecule has 1 aromatic rings. The standard InChI is InChI=1S/C12H17N3O3/c1-8-4-5-9(6-10(8)18-3)12(16)15(2)7-11(13)14-17/h4-6,17H,7H2,1-3H3,(H2,13,14). The van der Waals surface area contributed by atoms with E-state index in [4.69, 9.17) is 15.7 Å². The summed E-state index contributed by atoms with van der Waals surface area (Å²) >= 11 is 0. The van der Waals surface area contributed by atoms with Crippen molar-refractivity contribution in [2.24, 2.45) is 10.9 Å². The number of amides is 1. The quantitative estimate of drug-likeness (QED) is 0.359. The fraction of sp³-hybridized carbons (Fsp3) is 0.333. The Kier molecular flexibility index (Phi) is 4.53. The van der Waals surface area contributed by atoms with E-state index in [9.17, 15) is 4.79 Å². The fourth-order valence-electron chi connectivity index (χ4n) is 1.52. The molecule has 0 radical (unpaired) electrons. The van der Waals surface area contributed by atoms with E-state index >= 15 is 0 Å². The first-order valence-corrected chi connectivity index (χ1v) is 5.36. The molecule has 0 heterocycles. The predicted octanol–water partition coefficient (Wildman–Crippen LogP) is 0.822. The third-order valence-corrected chi connectivity index (χ3v) is 2.53. The van der Waals surface area contributed by atoms with Gasteiger partial charge in [-0.2, -0.15) is 0 Å². The number of nitrogens with zero attached hydrogens (tertiary/aromatic N) is 2. The molecular weight excluding hydrogens is 234 g/mol. The smallest absolute Gasteiger partial charge is 0.254 e. The van der Waals surface area contributed by atoms with Crippen LogP contribution in [0.15, 0.2) is 23.4 Å². The zero-order chi connectivity index (χ0) is 13.7. The number of aryl methyl sites for hydroxylation is 1. The van der Waals surface area contributed by atoms with Crippen molar-refractivity contribution in [2.75, 3.05) is 20.7 Å². The number of methoxy groups -OCH3 is 1. The van der Waals surface area contributed by atoms with Crippen LogP contribution in [0.5, 0.6) is 5.75 Å². The summed E-state index contributed by atoms with van der Waals surface area (Å²) in [4.78, 5) is 13.4. The van der Waals surface area contributed by atoms with Crippen molar-refractivity contribution in [2.45, 2.75) is 6.92 Å². The van der Waals surface area contributed by atoms with Crippen LogP contribution in [-0.4, -0.2) is 42.6 Å². The maximum atomic E-state index is 12.1. The number of rotatable bonds is 4. The second-order valence-electron chi connectivity index (χ2n) is 3.94. The average Bonchev–Trinajstić information content (AvgIpc) is 2.38. The average molecular weight is 251 g/mol. The van der Waals surface area contributed by atoms with Gasteiger partial charge in [0, 0.05) is 12.6 Å². The maximum absolute atomic E-state index is 12.1. The van der Waals surface area contributed by atoms with E-state index in [1.807, 2.05) is 13.0 Å². The highest BCUT2D eigenvalue weighted by molar-refractivity contribution is 5.97. The van der Waals surface area contributed by atoms with Gasteiger partial charge in [-0.3, -0.25) is 4.79 Å². The molecule has 0 spiro atoms. The van der Waals surface area contributed by atoms with Gasteiger partial charge in [0.05, 0.1) is 13.7 Å². The summed E-state index contributed by atoms with van der Waals surface area (Å²) in [6, 6.07) is 5.19. The fourth-order valence-corrected chi connectivity index (χ4v) is 1.52. The van der Waals surface area contributed by atoms with Gasteiger partial charge in [0.15, 0.2) is 5.84 Å². The number of hydrogen-bond acceptors (Lipinski definition) is 4. The summed E-state index contributed by atoms with van der Waals surface area (Å²) in [5.41, 5.74) is 6.79. The van der Waals surface area contributed by atoms with Crippen molar-refractivity contribution >= 4 is 11.7 Å². The first-order valence-electron chi connectivity index (χ1n) is 5.36. The third-order valence-electron chi connectivity index (χ3n) is 2.53. The lowest BCUT2D eigenvalue weighted by atomic mass is 10.1. The topological polar surface area (TPSA) is 88.2 Å². The van der Waals surface area contributed by atoms with Gasteiger partial charge in [0.25, 0.3) is 5.91 Å². The van der Waals surface area contributed by atoms with Gasteiger partial charge in [-0.1, -0.05) is 11.2 Å². The van der Waals surface area contributed by atoms with Gasteiger partial charge in [0.1, 0.15) is 5.75 Å². The highest BCUT2D eigenvalue weighted by Crippen LogP contribution is 2.19. The Labute approximate surface area is 106 Å². The van der Waals surface area contributed by atoms with Gasteiger partial charge in [-0.25, -0.2) is 0 Å². The largest absolute Gasteiger partial charge is 0.496 e. The van der Waals surface area contributed by atoms with Crippen LogP contribution in [0.3, 0.4) is 0 Å². The van der Waals surface area contributed by atoms with E-state index in [0.717, 1.165) is 5.56 Å². The molecule has 0 saturated carbocycles. The minimum Gasteiger partial charge on any atom is -0.496 e. The van der Waals surface area contributed by atoms with Gasteiger partial charge < -0.3 is 20.6 Å². The molecule has 6 heteroatoms. The molecule has 0 atom stereocenters.